The van der Waals surface area contributed by atoms with Crippen LogP contribution in [0.1, 0.15) is 16.7 Å². The molecule has 0 aliphatic carbocycles. The molecule has 0 radical (unpaired) electrons. The van der Waals surface area contributed by atoms with E-state index in [1.807, 2.05) is 72.9 Å². The number of nitrogens with zero attached hydrogens (tertiary/aromatic N) is 1. The molecule has 0 saturated heterocycles. The van der Waals surface area contributed by atoms with Crippen molar-refractivity contribution in [2.24, 2.45) is 4.99 Å². The second kappa shape index (κ2) is 8.32. The number of hydrogen-bond acceptors (Lipinski definition) is 2. The third-order valence-electron chi connectivity index (χ3n) is 3.69. The van der Waals surface area contributed by atoms with Gasteiger partial charge in [0.1, 0.15) is 12.4 Å². The lowest BCUT2D eigenvalue weighted by Crippen LogP contribution is -1.97. The Labute approximate surface area is 161 Å². The minimum Gasteiger partial charge on any atom is -0.488 e. The van der Waals surface area contributed by atoms with Crippen LogP contribution in [0.4, 0.5) is 5.69 Å². The molecule has 4 heteroatoms. The second-order valence-corrected chi connectivity index (χ2v) is 6.93. The Morgan fingerprint density at radius 3 is 2.52 bits per heavy atom. The average Bonchev–Trinajstić information content (AvgIpc) is 2.62. The van der Waals surface area contributed by atoms with Gasteiger partial charge in [-0.3, -0.25) is 4.99 Å². The summed E-state index contributed by atoms with van der Waals surface area (Å²) in [7, 11) is 0. The Bertz CT molecular complexity index is 891. The third kappa shape index (κ3) is 4.94. The van der Waals surface area contributed by atoms with Gasteiger partial charge in [0.15, 0.2) is 0 Å². The first-order valence-corrected chi connectivity index (χ1v) is 9.05. The van der Waals surface area contributed by atoms with Gasteiger partial charge in [0.05, 0.1) is 10.2 Å². The van der Waals surface area contributed by atoms with E-state index >= 15 is 0 Å². The number of aliphatic imine (C=N–C) groups is 1. The SMILES string of the molecule is Cc1ccc(N=Cc2ccc(OCc3ccccc3Cl)c(Br)c2)cc1. The molecule has 0 aromatic heterocycles. The van der Waals surface area contributed by atoms with Crippen LogP contribution in [0.5, 0.6) is 5.75 Å². The summed E-state index contributed by atoms with van der Waals surface area (Å²) in [5.41, 5.74) is 4.11. The van der Waals surface area contributed by atoms with E-state index in [0.29, 0.717) is 11.6 Å². The Kier molecular flexibility index (Phi) is 5.90. The van der Waals surface area contributed by atoms with Crippen LogP contribution in [0.3, 0.4) is 0 Å². The number of hydrogen-bond donors (Lipinski definition) is 0. The Morgan fingerprint density at radius 2 is 1.80 bits per heavy atom. The van der Waals surface area contributed by atoms with Crippen molar-refractivity contribution in [2.45, 2.75) is 13.5 Å². The van der Waals surface area contributed by atoms with Crippen LogP contribution in [-0.4, -0.2) is 6.21 Å². The quantitative estimate of drug-likeness (QED) is 0.424. The molecule has 0 amide bonds. The number of benzene rings is 3. The first-order chi connectivity index (χ1) is 12.1. The lowest BCUT2D eigenvalue weighted by Gasteiger charge is -2.10. The van der Waals surface area contributed by atoms with Gasteiger partial charge in [-0.15, -0.1) is 0 Å². The Balaban J connectivity index is 1.68. The molecule has 3 aromatic rings. The highest BCUT2D eigenvalue weighted by Gasteiger charge is 2.04. The molecule has 0 bridgehead atoms. The molecule has 25 heavy (non-hydrogen) atoms. The summed E-state index contributed by atoms with van der Waals surface area (Å²) in [6, 6.07) is 21.7. The predicted molar refractivity (Wildman–Crippen MR) is 108 cm³/mol. The molecule has 0 aliphatic heterocycles. The zero-order valence-corrected chi connectivity index (χ0v) is 16.1. The van der Waals surface area contributed by atoms with Crippen LogP contribution in [-0.2, 0) is 6.61 Å². The molecule has 126 valence electrons. The fourth-order valence-corrected chi connectivity index (χ4v) is 2.97. The average molecular weight is 415 g/mol. The van der Waals surface area contributed by atoms with Crippen molar-refractivity contribution in [3.05, 3.63) is 92.9 Å². The molecular formula is C21H17BrClNO. The van der Waals surface area contributed by atoms with Crippen molar-refractivity contribution < 1.29 is 4.74 Å². The standard InChI is InChI=1S/C21H17BrClNO/c1-15-6-9-18(10-7-15)24-13-16-8-11-21(19(22)12-16)25-14-17-4-2-3-5-20(17)23/h2-13H,14H2,1H3. The van der Waals surface area contributed by atoms with Crippen molar-refractivity contribution in [2.75, 3.05) is 0 Å². The van der Waals surface area contributed by atoms with Gasteiger partial charge >= 0.3 is 0 Å². The lowest BCUT2D eigenvalue weighted by atomic mass is 10.2. The van der Waals surface area contributed by atoms with E-state index in [1.165, 1.54) is 5.56 Å². The van der Waals surface area contributed by atoms with Gasteiger partial charge in [-0.2, -0.15) is 0 Å². The number of rotatable bonds is 5. The molecule has 3 rings (SSSR count). The monoisotopic (exact) mass is 413 g/mol. The summed E-state index contributed by atoms with van der Waals surface area (Å²) >= 11 is 9.71. The van der Waals surface area contributed by atoms with E-state index in [4.69, 9.17) is 16.3 Å². The van der Waals surface area contributed by atoms with Crippen LogP contribution >= 0.6 is 27.5 Å². The smallest absolute Gasteiger partial charge is 0.134 e. The fraction of sp³-hybridized carbons (Fsp3) is 0.0952. The Hall–Kier alpha value is -2.10. The van der Waals surface area contributed by atoms with Crippen LogP contribution in [0, 0.1) is 6.92 Å². The van der Waals surface area contributed by atoms with Gasteiger partial charge in [0, 0.05) is 16.8 Å². The highest BCUT2D eigenvalue weighted by atomic mass is 79.9. The molecule has 0 heterocycles. The topological polar surface area (TPSA) is 21.6 Å². The Morgan fingerprint density at radius 1 is 1.04 bits per heavy atom. The first kappa shape index (κ1) is 17.7. The van der Waals surface area contributed by atoms with Crippen LogP contribution in [0.25, 0.3) is 0 Å². The molecule has 0 spiro atoms. The van der Waals surface area contributed by atoms with Gasteiger partial charge in [-0.25, -0.2) is 0 Å². The normalized spacial score (nSPS) is 11.0. The maximum Gasteiger partial charge on any atom is 0.134 e. The largest absolute Gasteiger partial charge is 0.488 e. The summed E-state index contributed by atoms with van der Waals surface area (Å²) in [5, 5.41) is 0.709. The molecule has 3 aromatic carbocycles. The van der Waals surface area contributed by atoms with Crippen molar-refractivity contribution in [3.63, 3.8) is 0 Å². The second-order valence-electron chi connectivity index (χ2n) is 5.66. The highest BCUT2D eigenvalue weighted by molar-refractivity contribution is 9.10. The maximum atomic E-state index is 6.16. The van der Waals surface area contributed by atoms with Crippen molar-refractivity contribution in [3.8, 4) is 5.75 Å². The number of halogens is 2. The van der Waals surface area contributed by atoms with Crippen LogP contribution < -0.4 is 4.74 Å². The van der Waals surface area contributed by atoms with Gasteiger partial charge in [-0.05, 0) is 64.8 Å². The van der Waals surface area contributed by atoms with Gasteiger partial charge in [-0.1, -0.05) is 47.5 Å². The number of ether oxygens (including phenoxy) is 1. The van der Waals surface area contributed by atoms with Crippen molar-refractivity contribution in [1.29, 1.82) is 0 Å². The molecule has 0 fully saturated rings. The van der Waals surface area contributed by atoms with Crippen molar-refractivity contribution in [1.82, 2.24) is 0 Å². The zero-order valence-electron chi connectivity index (χ0n) is 13.7. The molecular weight excluding hydrogens is 398 g/mol. The fourth-order valence-electron chi connectivity index (χ4n) is 2.27. The minimum absolute atomic E-state index is 0.426. The third-order valence-corrected chi connectivity index (χ3v) is 4.68. The minimum atomic E-state index is 0.426. The maximum absolute atomic E-state index is 6.16. The molecule has 0 N–H and O–H groups in total. The van der Waals surface area contributed by atoms with Crippen LogP contribution in [0.15, 0.2) is 76.2 Å². The van der Waals surface area contributed by atoms with Gasteiger partial charge in [0.25, 0.3) is 0 Å². The van der Waals surface area contributed by atoms with E-state index in [0.717, 1.165) is 27.0 Å². The summed E-state index contributed by atoms with van der Waals surface area (Å²) in [5.74, 6) is 0.771. The van der Waals surface area contributed by atoms with E-state index in [2.05, 4.69) is 27.8 Å². The van der Waals surface area contributed by atoms with E-state index in [1.54, 1.807) is 0 Å². The lowest BCUT2D eigenvalue weighted by molar-refractivity contribution is 0.304. The van der Waals surface area contributed by atoms with Crippen LogP contribution in [0.2, 0.25) is 5.02 Å². The first-order valence-electron chi connectivity index (χ1n) is 7.88. The number of aryl methyl sites for hydroxylation is 1. The summed E-state index contributed by atoms with van der Waals surface area (Å²) in [6.45, 7) is 2.49. The highest BCUT2D eigenvalue weighted by Crippen LogP contribution is 2.27. The molecule has 0 aliphatic rings. The molecule has 0 atom stereocenters. The van der Waals surface area contributed by atoms with Gasteiger partial charge in [0.2, 0.25) is 0 Å². The molecule has 2 nitrogen and oxygen atoms in total. The van der Waals surface area contributed by atoms with Gasteiger partial charge < -0.3 is 4.74 Å². The van der Waals surface area contributed by atoms with E-state index in [-0.39, 0.29) is 0 Å². The molecule has 0 unspecified atom stereocenters. The van der Waals surface area contributed by atoms with E-state index < -0.39 is 0 Å². The zero-order chi connectivity index (χ0) is 17.6. The predicted octanol–water partition coefficient (Wildman–Crippen LogP) is 6.74. The van der Waals surface area contributed by atoms with E-state index in [9.17, 15) is 0 Å². The summed E-state index contributed by atoms with van der Waals surface area (Å²) in [4.78, 5) is 4.49. The summed E-state index contributed by atoms with van der Waals surface area (Å²) in [6.07, 6.45) is 1.84. The molecule has 0 saturated carbocycles. The summed E-state index contributed by atoms with van der Waals surface area (Å²) < 4.78 is 6.74. The van der Waals surface area contributed by atoms with Crippen molar-refractivity contribution >= 4 is 39.4 Å².